The summed E-state index contributed by atoms with van der Waals surface area (Å²) in [7, 11) is -6.34. The van der Waals surface area contributed by atoms with Gasteiger partial charge < -0.3 is 19.6 Å². The van der Waals surface area contributed by atoms with Gasteiger partial charge in [-0.05, 0) is 0 Å². The second-order valence-electron chi connectivity index (χ2n) is 1.32. The molecule has 0 aliphatic heterocycles. The van der Waals surface area contributed by atoms with Gasteiger partial charge in [-0.25, -0.2) is 4.57 Å². The van der Waals surface area contributed by atoms with Crippen LogP contribution in [0.2, 0.25) is 0 Å². The van der Waals surface area contributed by atoms with Crippen molar-refractivity contribution in [3.63, 3.8) is 0 Å². The van der Waals surface area contributed by atoms with Crippen molar-refractivity contribution in [2.24, 2.45) is 0 Å². The van der Waals surface area contributed by atoms with Crippen LogP contribution in [0.25, 0.3) is 0 Å². The third kappa shape index (κ3) is 31.9. The second-order valence-corrected chi connectivity index (χ2v) is 3.97. The zero-order valence-corrected chi connectivity index (χ0v) is 11.1. The SMILES string of the molecule is COP(=O)(O)OC.O=P([O-])(O)O.[Na+]. The Morgan fingerprint density at radius 1 is 1.08 bits per heavy atom. The molecule has 0 aromatic heterocycles. The standard InChI is InChI=1S/C2H7O4P.Na.H3O4P/c1-5-7(3,4)6-2;;1-5(2,3)4/h1-2H3,(H,3,4);;(H3,1,2,3,4)/q;+1;/p-1. The van der Waals surface area contributed by atoms with Crippen molar-refractivity contribution in [3.8, 4) is 0 Å². The molecule has 0 amide bonds. The van der Waals surface area contributed by atoms with Crippen LogP contribution in [0, 0.1) is 0 Å². The fourth-order valence-electron chi connectivity index (χ4n) is 0.0745. The average Bonchev–Trinajstić information content (AvgIpc) is 1.85. The van der Waals surface area contributed by atoms with E-state index in [2.05, 4.69) is 9.05 Å². The Hall–Kier alpha value is 1.22. The van der Waals surface area contributed by atoms with Crippen molar-refractivity contribution < 1.29 is 67.3 Å². The minimum atomic E-state index is -4.89. The normalized spacial score (nSPS) is 10.9. The van der Waals surface area contributed by atoms with Crippen LogP contribution < -0.4 is 34.5 Å². The van der Waals surface area contributed by atoms with Crippen molar-refractivity contribution in [1.82, 2.24) is 0 Å². The van der Waals surface area contributed by atoms with Gasteiger partial charge >= 0.3 is 37.4 Å². The van der Waals surface area contributed by atoms with Gasteiger partial charge in [-0.3, -0.25) is 13.6 Å². The largest absolute Gasteiger partial charge is 1.00 e. The summed E-state index contributed by atoms with van der Waals surface area (Å²) < 4.78 is 26.8. The van der Waals surface area contributed by atoms with Crippen molar-refractivity contribution in [3.05, 3.63) is 0 Å². The van der Waals surface area contributed by atoms with Gasteiger partial charge in [-0.15, -0.1) is 0 Å². The molecule has 0 bridgehead atoms. The van der Waals surface area contributed by atoms with E-state index in [0.29, 0.717) is 0 Å². The van der Waals surface area contributed by atoms with Crippen molar-refractivity contribution in [2.45, 2.75) is 0 Å². The van der Waals surface area contributed by atoms with Crippen LogP contribution in [-0.4, -0.2) is 28.9 Å². The van der Waals surface area contributed by atoms with Crippen LogP contribution in [0.1, 0.15) is 0 Å². The van der Waals surface area contributed by atoms with E-state index in [1.165, 1.54) is 0 Å². The zero-order chi connectivity index (χ0) is 10.4. The summed E-state index contributed by atoms with van der Waals surface area (Å²) in [6, 6.07) is 0. The molecule has 0 saturated heterocycles. The Morgan fingerprint density at radius 2 is 1.23 bits per heavy atom. The number of phosphoric acid groups is 2. The van der Waals surface area contributed by atoms with Crippen LogP contribution in [-0.2, 0) is 18.2 Å². The Balaban J connectivity index is -0.000000150. The number of rotatable bonds is 2. The van der Waals surface area contributed by atoms with Crippen molar-refractivity contribution >= 4 is 15.6 Å². The first-order valence-electron chi connectivity index (χ1n) is 2.33. The number of phosphoric ester groups is 1. The van der Waals surface area contributed by atoms with E-state index in [9.17, 15) is 4.57 Å². The molecule has 8 nitrogen and oxygen atoms in total. The molecule has 13 heavy (non-hydrogen) atoms. The summed E-state index contributed by atoms with van der Waals surface area (Å²) >= 11 is 0. The van der Waals surface area contributed by atoms with Gasteiger partial charge in [0.1, 0.15) is 0 Å². The van der Waals surface area contributed by atoms with E-state index in [4.69, 9.17) is 24.1 Å². The minimum absolute atomic E-state index is 0. The van der Waals surface area contributed by atoms with Crippen LogP contribution >= 0.6 is 15.6 Å². The molecule has 76 valence electrons. The van der Waals surface area contributed by atoms with Crippen molar-refractivity contribution in [1.29, 1.82) is 0 Å². The number of hydrogen-bond acceptors (Lipinski definition) is 5. The average molecular weight is 246 g/mol. The molecule has 0 aromatic rings. The summed E-state index contributed by atoms with van der Waals surface area (Å²) in [6.07, 6.45) is 0. The molecular weight excluding hydrogens is 237 g/mol. The van der Waals surface area contributed by atoms with Gasteiger partial charge in [-0.2, -0.15) is 0 Å². The van der Waals surface area contributed by atoms with Crippen molar-refractivity contribution in [2.75, 3.05) is 14.2 Å². The quantitative estimate of drug-likeness (QED) is 0.329. The van der Waals surface area contributed by atoms with Gasteiger partial charge in [0.15, 0.2) is 0 Å². The first kappa shape index (κ1) is 19.7. The van der Waals surface area contributed by atoms with Crippen LogP contribution in [0.5, 0.6) is 0 Å². The van der Waals surface area contributed by atoms with E-state index < -0.39 is 15.6 Å². The summed E-state index contributed by atoms with van der Waals surface area (Å²) in [4.78, 5) is 31.2. The molecule has 0 aromatic carbocycles. The molecule has 0 aliphatic rings. The molecule has 0 heterocycles. The van der Waals surface area contributed by atoms with E-state index in [1.807, 2.05) is 0 Å². The van der Waals surface area contributed by atoms with Gasteiger partial charge in [0.2, 0.25) is 0 Å². The monoisotopic (exact) mass is 246 g/mol. The summed E-state index contributed by atoms with van der Waals surface area (Å²) in [5, 5.41) is 0. The topological polar surface area (TPSA) is 136 Å². The fourth-order valence-corrected chi connectivity index (χ4v) is 0.224. The molecule has 0 radical (unpaired) electrons. The first-order valence-corrected chi connectivity index (χ1v) is 5.36. The molecule has 0 fully saturated rings. The van der Waals surface area contributed by atoms with Crippen LogP contribution in [0.4, 0.5) is 0 Å². The maximum atomic E-state index is 10.1. The molecule has 3 N–H and O–H groups in total. The number of hydrogen-bond donors (Lipinski definition) is 3. The molecule has 0 aliphatic carbocycles. The summed E-state index contributed by atoms with van der Waals surface area (Å²) in [5.41, 5.74) is 0. The predicted molar refractivity (Wildman–Crippen MR) is 35.9 cm³/mol. The van der Waals surface area contributed by atoms with Crippen LogP contribution in [0.15, 0.2) is 0 Å². The Bertz CT molecular complexity index is 182. The molecule has 0 rings (SSSR count). The third-order valence-corrected chi connectivity index (χ3v) is 1.38. The molecule has 0 saturated carbocycles. The Labute approximate surface area is 97.0 Å². The first-order chi connectivity index (χ1) is 5.12. The third-order valence-electron chi connectivity index (χ3n) is 0.461. The van der Waals surface area contributed by atoms with Gasteiger partial charge in [0.25, 0.3) is 7.82 Å². The summed E-state index contributed by atoms with van der Waals surface area (Å²) in [5.74, 6) is 0. The van der Waals surface area contributed by atoms with E-state index >= 15 is 0 Å². The Kier molecular flexibility index (Phi) is 12.9. The molecule has 0 unspecified atom stereocenters. The van der Waals surface area contributed by atoms with Gasteiger partial charge in [0.05, 0.1) is 0 Å². The molecular formula is C2H9NaO8P2. The summed E-state index contributed by atoms with van der Waals surface area (Å²) in [6.45, 7) is 0. The molecule has 11 heteroatoms. The maximum absolute atomic E-state index is 10.1. The second kappa shape index (κ2) is 8.52. The molecule has 0 spiro atoms. The predicted octanol–water partition coefficient (Wildman–Crippen LogP) is -4.18. The zero-order valence-electron chi connectivity index (χ0n) is 7.28. The van der Waals surface area contributed by atoms with E-state index in [0.717, 1.165) is 14.2 Å². The van der Waals surface area contributed by atoms with Gasteiger partial charge in [-0.1, -0.05) is 0 Å². The van der Waals surface area contributed by atoms with Crippen LogP contribution in [0.3, 0.4) is 0 Å². The maximum Gasteiger partial charge on any atom is 1.00 e. The van der Waals surface area contributed by atoms with Gasteiger partial charge in [0, 0.05) is 14.2 Å². The fraction of sp³-hybridized carbons (Fsp3) is 1.00. The minimum Gasteiger partial charge on any atom is -0.756 e. The smallest absolute Gasteiger partial charge is 0.756 e. The Morgan fingerprint density at radius 3 is 1.23 bits per heavy atom. The van der Waals surface area contributed by atoms with E-state index in [-0.39, 0.29) is 29.6 Å². The molecule has 0 atom stereocenters. The van der Waals surface area contributed by atoms with E-state index in [1.54, 1.807) is 0 Å².